The van der Waals surface area contributed by atoms with Crippen molar-refractivity contribution in [3.8, 4) is 5.69 Å². The summed E-state index contributed by atoms with van der Waals surface area (Å²) in [5, 5.41) is 7.46. The van der Waals surface area contributed by atoms with Crippen LogP contribution in [0.5, 0.6) is 0 Å². The highest BCUT2D eigenvalue weighted by Gasteiger charge is 2.20. The molecule has 0 spiro atoms. The van der Waals surface area contributed by atoms with Gasteiger partial charge >= 0.3 is 0 Å². The van der Waals surface area contributed by atoms with Gasteiger partial charge in [-0.05, 0) is 63.1 Å². The molecule has 0 atom stereocenters. The van der Waals surface area contributed by atoms with E-state index in [9.17, 15) is 4.79 Å². The molecule has 2 heterocycles. The fraction of sp³-hybridized carbons (Fsp3) is 0.474. The van der Waals surface area contributed by atoms with Crippen LogP contribution in [0.4, 0.5) is 0 Å². The van der Waals surface area contributed by atoms with E-state index in [1.807, 2.05) is 41.9 Å². The minimum atomic E-state index is 0.0210. The summed E-state index contributed by atoms with van der Waals surface area (Å²) < 4.78 is 1.87. The van der Waals surface area contributed by atoms with Gasteiger partial charge in [-0.1, -0.05) is 6.92 Å². The number of piperidine rings is 1. The molecule has 1 N–H and O–H groups in total. The Kier molecular flexibility index (Phi) is 5.30. The smallest absolute Gasteiger partial charge is 0.251 e. The maximum absolute atomic E-state index is 12.4. The summed E-state index contributed by atoms with van der Waals surface area (Å²) in [7, 11) is 0. The normalized spacial score (nSPS) is 16.2. The summed E-state index contributed by atoms with van der Waals surface area (Å²) in [5.74, 6) is 0.0210. The lowest BCUT2D eigenvalue weighted by Crippen LogP contribution is -2.44. The average Bonchev–Trinajstić information content (AvgIpc) is 3.03. The van der Waals surface area contributed by atoms with Crippen molar-refractivity contribution in [1.82, 2.24) is 20.0 Å². The first kappa shape index (κ1) is 16.7. The third-order valence-electron chi connectivity index (χ3n) is 4.67. The molecule has 1 aliphatic rings. The van der Waals surface area contributed by atoms with Gasteiger partial charge in [0, 0.05) is 36.6 Å². The Bertz CT molecular complexity index is 669. The third-order valence-corrected chi connectivity index (χ3v) is 4.67. The van der Waals surface area contributed by atoms with Crippen LogP contribution in [0.25, 0.3) is 5.69 Å². The number of aromatic nitrogens is 2. The monoisotopic (exact) mass is 326 g/mol. The number of likely N-dealkylation sites (tertiary alicyclic amines) is 1. The van der Waals surface area contributed by atoms with Crippen LogP contribution in [0, 0.1) is 6.92 Å². The van der Waals surface area contributed by atoms with E-state index >= 15 is 0 Å². The first-order valence-corrected chi connectivity index (χ1v) is 8.81. The molecule has 3 rings (SSSR count). The summed E-state index contributed by atoms with van der Waals surface area (Å²) in [5.41, 5.74) is 2.76. The highest BCUT2D eigenvalue weighted by atomic mass is 16.1. The minimum absolute atomic E-state index is 0.0210. The van der Waals surface area contributed by atoms with Gasteiger partial charge in [-0.25, -0.2) is 4.68 Å². The third kappa shape index (κ3) is 3.85. The van der Waals surface area contributed by atoms with Crippen molar-refractivity contribution in [2.45, 2.75) is 39.2 Å². The summed E-state index contributed by atoms with van der Waals surface area (Å²) in [6, 6.07) is 9.89. The Hall–Kier alpha value is -2.14. The molecule has 0 radical (unpaired) electrons. The Labute approximate surface area is 143 Å². The van der Waals surface area contributed by atoms with E-state index in [4.69, 9.17) is 0 Å². The number of carbonyl (C=O) groups is 1. The van der Waals surface area contributed by atoms with Gasteiger partial charge in [0.05, 0.1) is 5.69 Å². The van der Waals surface area contributed by atoms with Gasteiger partial charge in [0.1, 0.15) is 0 Å². The molecule has 24 heavy (non-hydrogen) atoms. The van der Waals surface area contributed by atoms with E-state index in [1.54, 1.807) is 6.20 Å². The fourth-order valence-corrected chi connectivity index (χ4v) is 3.28. The zero-order valence-corrected chi connectivity index (χ0v) is 14.5. The molecule has 0 aliphatic carbocycles. The second kappa shape index (κ2) is 7.62. The van der Waals surface area contributed by atoms with Crippen molar-refractivity contribution in [3.63, 3.8) is 0 Å². The van der Waals surface area contributed by atoms with Crippen molar-refractivity contribution in [1.29, 1.82) is 0 Å². The van der Waals surface area contributed by atoms with Crippen molar-refractivity contribution in [2.75, 3.05) is 19.6 Å². The number of hydrogen-bond donors (Lipinski definition) is 1. The van der Waals surface area contributed by atoms with E-state index in [1.165, 1.54) is 6.42 Å². The Morgan fingerprint density at radius 1 is 1.21 bits per heavy atom. The van der Waals surface area contributed by atoms with Gasteiger partial charge < -0.3 is 10.2 Å². The zero-order valence-electron chi connectivity index (χ0n) is 14.5. The van der Waals surface area contributed by atoms with E-state index in [0.29, 0.717) is 11.6 Å². The molecule has 0 unspecified atom stereocenters. The fourth-order valence-electron chi connectivity index (χ4n) is 3.28. The molecule has 2 aromatic rings. The predicted octanol–water partition coefficient (Wildman–Crippen LogP) is 2.78. The van der Waals surface area contributed by atoms with Crippen molar-refractivity contribution >= 4 is 5.91 Å². The lowest BCUT2D eigenvalue weighted by Gasteiger charge is -2.32. The molecular formula is C19H26N4O. The van der Waals surface area contributed by atoms with Gasteiger partial charge in [0.15, 0.2) is 0 Å². The summed E-state index contributed by atoms with van der Waals surface area (Å²) in [6.07, 6.45) is 5.05. The Balaban J connectivity index is 1.57. The number of carbonyl (C=O) groups excluding carboxylic acids is 1. The molecule has 5 heteroatoms. The molecule has 5 nitrogen and oxygen atoms in total. The topological polar surface area (TPSA) is 50.2 Å². The van der Waals surface area contributed by atoms with Crippen LogP contribution in [-0.2, 0) is 0 Å². The zero-order chi connectivity index (χ0) is 16.9. The SMILES string of the molecule is CCCN1CCC(NC(=O)c2ccc(-n3nccc3C)cc2)CC1. The first-order valence-electron chi connectivity index (χ1n) is 8.81. The molecule has 128 valence electrons. The van der Waals surface area contributed by atoms with Crippen LogP contribution in [0.1, 0.15) is 42.2 Å². The molecule has 1 aliphatic heterocycles. The van der Waals surface area contributed by atoms with Crippen LogP contribution in [0.2, 0.25) is 0 Å². The lowest BCUT2D eigenvalue weighted by molar-refractivity contribution is 0.0911. The highest BCUT2D eigenvalue weighted by molar-refractivity contribution is 5.94. The first-order chi connectivity index (χ1) is 11.7. The second-order valence-corrected chi connectivity index (χ2v) is 6.52. The number of nitrogens with one attached hydrogen (secondary N) is 1. The number of aryl methyl sites for hydroxylation is 1. The minimum Gasteiger partial charge on any atom is -0.349 e. The maximum Gasteiger partial charge on any atom is 0.251 e. The summed E-state index contributed by atoms with van der Waals surface area (Å²) in [4.78, 5) is 14.9. The highest BCUT2D eigenvalue weighted by Crippen LogP contribution is 2.14. The molecule has 1 aromatic heterocycles. The van der Waals surface area contributed by atoms with Gasteiger partial charge in [-0.2, -0.15) is 5.10 Å². The second-order valence-electron chi connectivity index (χ2n) is 6.52. The molecular weight excluding hydrogens is 300 g/mol. The quantitative estimate of drug-likeness (QED) is 0.919. The molecule has 1 fully saturated rings. The van der Waals surface area contributed by atoms with Crippen LogP contribution in [0.3, 0.4) is 0 Å². The van der Waals surface area contributed by atoms with E-state index in [0.717, 1.165) is 43.9 Å². The number of benzene rings is 1. The number of hydrogen-bond acceptors (Lipinski definition) is 3. The van der Waals surface area contributed by atoms with Crippen molar-refractivity contribution in [3.05, 3.63) is 47.8 Å². The Morgan fingerprint density at radius 2 is 1.92 bits per heavy atom. The van der Waals surface area contributed by atoms with Crippen LogP contribution in [0.15, 0.2) is 36.5 Å². The molecule has 1 amide bonds. The summed E-state index contributed by atoms with van der Waals surface area (Å²) >= 11 is 0. The lowest BCUT2D eigenvalue weighted by atomic mass is 10.0. The van der Waals surface area contributed by atoms with Crippen LogP contribution < -0.4 is 5.32 Å². The van der Waals surface area contributed by atoms with Gasteiger partial charge in [0.25, 0.3) is 5.91 Å². The standard InChI is InChI=1S/C19H26N4O/c1-3-12-22-13-9-17(10-14-22)21-19(24)16-4-6-18(7-5-16)23-15(2)8-11-20-23/h4-8,11,17H,3,9-10,12-14H2,1-2H3,(H,21,24). The average molecular weight is 326 g/mol. The van der Waals surface area contributed by atoms with Crippen LogP contribution in [-0.4, -0.2) is 46.3 Å². The van der Waals surface area contributed by atoms with Gasteiger partial charge in [0.2, 0.25) is 0 Å². The number of amides is 1. The van der Waals surface area contributed by atoms with E-state index in [-0.39, 0.29) is 5.91 Å². The van der Waals surface area contributed by atoms with Crippen LogP contribution >= 0.6 is 0 Å². The van der Waals surface area contributed by atoms with Crippen molar-refractivity contribution < 1.29 is 4.79 Å². The van der Waals surface area contributed by atoms with Gasteiger partial charge in [-0.15, -0.1) is 0 Å². The predicted molar refractivity (Wildman–Crippen MR) is 95.5 cm³/mol. The van der Waals surface area contributed by atoms with E-state index < -0.39 is 0 Å². The molecule has 0 saturated carbocycles. The Morgan fingerprint density at radius 3 is 2.50 bits per heavy atom. The summed E-state index contributed by atoms with van der Waals surface area (Å²) in [6.45, 7) is 7.54. The molecule has 0 bridgehead atoms. The van der Waals surface area contributed by atoms with Gasteiger partial charge in [-0.3, -0.25) is 4.79 Å². The number of nitrogens with zero attached hydrogens (tertiary/aromatic N) is 3. The van der Waals surface area contributed by atoms with Crippen molar-refractivity contribution in [2.24, 2.45) is 0 Å². The van der Waals surface area contributed by atoms with E-state index in [2.05, 4.69) is 22.2 Å². The molecule has 1 saturated heterocycles. The molecule has 1 aromatic carbocycles. The number of rotatable bonds is 5. The largest absolute Gasteiger partial charge is 0.349 e. The maximum atomic E-state index is 12.4.